The van der Waals surface area contributed by atoms with Gasteiger partial charge in [-0.2, -0.15) is 16.7 Å². The van der Waals surface area contributed by atoms with E-state index < -0.39 is 0 Å². The minimum Gasteiger partial charge on any atom is -0.481 e. The van der Waals surface area contributed by atoms with Crippen LogP contribution in [0.1, 0.15) is 22.5 Å². The Morgan fingerprint density at radius 3 is 2.55 bits per heavy atom. The van der Waals surface area contributed by atoms with Crippen LogP contribution in [0.4, 0.5) is 5.95 Å². The van der Waals surface area contributed by atoms with Gasteiger partial charge in [-0.1, -0.05) is 0 Å². The molecular formula is C19H24N6O3S. The third kappa shape index (κ3) is 5.74. The first kappa shape index (κ1) is 20.7. The van der Waals surface area contributed by atoms with Crippen LogP contribution in [-0.4, -0.2) is 51.4 Å². The second kappa shape index (κ2) is 9.97. The molecule has 0 fully saturated rings. The molecule has 3 rings (SSSR count). The second-order valence-corrected chi connectivity index (χ2v) is 7.38. The maximum atomic E-state index is 12.4. The first-order valence-corrected chi connectivity index (χ1v) is 10.2. The molecule has 0 bridgehead atoms. The van der Waals surface area contributed by atoms with Gasteiger partial charge in [0.2, 0.25) is 17.7 Å². The average molecular weight is 417 g/mol. The standard InChI is InChI=1S/C19H24N6O3S/c1-12-15(23-11-22-12)10-29-5-4-20-19-21-9-14(18(26)25-19)6-13-7-16(27-2)24-17(8-13)28-3/h7-9,11H,4-6,10H2,1-3H3,(H,22,23)(H2,20,21,25,26). The molecule has 154 valence electrons. The monoisotopic (exact) mass is 416 g/mol. The molecule has 0 unspecified atom stereocenters. The summed E-state index contributed by atoms with van der Waals surface area (Å²) in [4.78, 5) is 31.0. The number of rotatable bonds is 10. The van der Waals surface area contributed by atoms with E-state index in [1.165, 1.54) is 14.2 Å². The highest BCUT2D eigenvalue weighted by molar-refractivity contribution is 7.98. The molecule has 29 heavy (non-hydrogen) atoms. The first-order chi connectivity index (χ1) is 14.1. The zero-order chi connectivity index (χ0) is 20.6. The Bertz CT molecular complexity index is 981. The van der Waals surface area contributed by atoms with Crippen molar-refractivity contribution in [1.82, 2.24) is 24.9 Å². The minimum atomic E-state index is -0.183. The molecule has 3 aromatic heterocycles. The molecule has 0 spiro atoms. The second-order valence-electron chi connectivity index (χ2n) is 6.28. The highest BCUT2D eigenvalue weighted by atomic mass is 32.2. The van der Waals surface area contributed by atoms with Gasteiger partial charge in [0, 0.05) is 54.1 Å². The maximum Gasteiger partial charge on any atom is 0.255 e. The molecule has 0 aromatic carbocycles. The van der Waals surface area contributed by atoms with Gasteiger partial charge in [0.15, 0.2) is 0 Å². The van der Waals surface area contributed by atoms with Crippen LogP contribution in [0.5, 0.6) is 11.8 Å². The average Bonchev–Trinajstić information content (AvgIpc) is 3.14. The van der Waals surface area contributed by atoms with Gasteiger partial charge in [0.1, 0.15) is 0 Å². The summed E-state index contributed by atoms with van der Waals surface area (Å²) in [6, 6.07) is 3.54. The number of aryl methyl sites for hydroxylation is 1. The van der Waals surface area contributed by atoms with Crippen LogP contribution in [0.25, 0.3) is 0 Å². The number of nitrogens with one attached hydrogen (secondary N) is 3. The molecular weight excluding hydrogens is 392 g/mol. The van der Waals surface area contributed by atoms with E-state index in [0.29, 0.717) is 36.2 Å². The highest BCUT2D eigenvalue weighted by Gasteiger charge is 2.08. The van der Waals surface area contributed by atoms with Gasteiger partial charge >= 0.3 is 0 Å². The van der Waals surface area contributed by atoms with E-state index in [-0.39, 0.29) is 5.56 Å². The Morgan fingerprint density at radius 1 is 1.17 bits per heavy atom. The van der Waals surface area contributed by atoms with Gasteiger partial charge < -0.3 is 19.8 Å². The van der Waals surface area contributed by atoms with E-state index in [9.17, 15) is 4.79 Å². The summed E-state index contributed by atoms with van der Waals surface area (Å²) in [6.07, 6.45) is 3.69. The van der Waals surface area contributed by atoms with E-state index in [1.807, 2.05) is 6.92 Å². The number of nitrogens with zero attached hydrogens (tertiary/aromatic N) is 3. The number of hydrogen-bond donors (Lipinski definition) is 3. The number of aromatic nitrogens is 5. The van der Waals surface area contributed by atoms with Crippen LogP contribution in [0.3, 0.4) is 0 Å². The largest absolute Gasteiger partial charge is 0.481 e. The van der Waals surface area contributed by atoms with Gasteiger partial charge in [0.25, 0.3) is 5.56 Å². The highest BCUT2D eigenvalue weighted by Crippen LogP contribution is 2.19. The van der Waals surface area contributed by atoms with Crippen LogP contribution in [0.2, 0.25) is 0 Å². The van der Waals surface area contributed by atoms with Crippen molar-refractivity contribution in [3.8, 4) is 11.8 Å². The molecule has 0 saturated heterocycles. The van der Waals surface area contributed by atoms with Crippen molar-refractivity contribution in [3.05, 3.63) is 57.5 Å². The zero-order valence-corrected chi connectivity index (χ0v) is 17.4. The van der Waals surface area contributed by atoms with Crippen LogP contribution in [-0.2, 0) is 12.2 Å². The zero-order valence-electron chi connectivity index (χ0n) is 16.6. The molecule has 0 atom stereocenters. The van der Waals surface area contributed by atoms with Crippen LogP contribution in [0.15, 0.2) is 29.5 Å². The molecule has 0 aliphatic carbocycles. The molecule has 0 aliphatic rings. The fourth-order valence-electron chi connectivity index (χ4n) is 2.64. The van der Waals surface area contributed by atoms with Gasteiger partial charge in [-0.15, -0.1) is 0 Å². The van der Waals surface area contributed by atoms with E-state index in [0.717, 1.165) is 28.5 Å². The maximum absolute atomic E-state index is 12.4. The quantitative estimate of drug-likeness (QED) is 0.430. The SMILES string of the molecule is COc1cc(Cc2cnc(NCCSCc3nc[nH]c3C)[nH]c2=O)cc(OC)n1. The normalized spacial score (nSPS) is 10.7. The number of pyridine rings is 1. The number of thioether (sulfide) groups is 1. The summed E-state index contributed by atoms with van der Waals surface area (Å²) in [6.45, 7) is 2.70. The number of imidazole rings is 1. The summed E-state index contributed by atoms with van der Waals surface area (Å²) in [5.41, 5.74) is 3.38. The number of ether oxygens (including phenoxy) is 2. The van der Waals surface area contributed by atoms with E-state index in [2.05, 4.69) is 30.2 Å². The summed E-state index contributed by atoms with van der Waals surface area (Å²) < 4.78 is 10.3. The van der Waals surface area contributed by atoms with Crippen molar-refractivity contribution in [3.63, 3.8) is 0 Å². The van der Waals surface area contributed by atoms with Crippen LogP contribution >= 0.6 is 11.8 Å². The third-order valence-corrected chi connectivity index (χ3v) is 5.21. The fourth-order valence-corrected chi connectivity index (χ4v) is 3.52. The van der Waals surface area contributed by atoms with Crippen LogP contribution < -0.4 is 20.3 Å². The number of methoxy groups -OCH3 is 2. The van der Waals surface area contributed by atoms with E-state index in [1.54, 1.807) is 36.4 Å². The minimum absolute atomic E-state index is 0.183. The van der Waals surface area contributed by atoms with Crippen LogP contribution in [0, 0.1) is 6.92 Å². The molecule has 0 radical (unpaired) electrons. The number of anilines is 1. The molecule has 9 nitrogen and oxygen atoms in total. The van der Waals surface area contributed by atoms with Crippen molar-refractivity contribution in [1.29, 1.82) is 0 Å². The topological polar surface area (TPSA) is 118 Å². The van der Waals surface area contributed by atoms with Gasteiger partial charge in [-0.05, 0) is 12.5 Å². The molecule has 3 N–H and O–H groups in total. The van der Waals surface area contributed by atoms with Gasteiger partial charge in [-0.3, -0.25) is 9.78 Å². The van der Waals surface area contributed by atoms with Gasteiger partial charge in [0.05, 0.1) is 26.2 Å². The first-order valence-electron chi connectivity index (χ1n) is 9.06. The summed E-state index contributed by atoms with van der Waals surface area (Å²) >= 11 is 1.77. The molecule has 0 amide bonds. The van der Waals surface area contributed by atoms with Gasteiger partial charge in [-0.25, -0.2) is 9.97 Å². The third-order valence-electron chi connectivity index (χ3n) is 4.24. The summed E-state index contributed by atoms with van der Waals surface area (Å²) in [5, 5.41) is 3.14. The van der Waals surface area contributed by atoms with Crippen molar-refractivity contribution in [2.24, 2.45) is 0 Å². The Labute approximate surface area is 172 Å². The molecule has 0 aliphatic heterocycles. The van der Waals surface area contributed by atoms with Crippen molar-refractivity contribution in [2.45, 2.75) is 19.1 Å². The summed E-state index contributed by atoms with van der Waals surface area (Å²) in [5.74, 6) is 3.04. The van der Waals surface area contributed by atoms with E-state index in [4.69, 9.17) is 9.47 Å². The number of aromatic amines is 2. The van der Waals surface area contributed by atoms with Crippen molar-refractivity contribution in [2.75, 3.05) is 31.8 Å². The Balaban J connectivity index is 1.53. The Kier molecular flexibility index (Phi) is 7.12. The fraction of sp³-hybridized carbons (Fsp3) is 0.368. The predicted molar refractivity (Wildman–Crippen MR) is 113 cm³/mol. The Hall–Kier alpha value is -3.01. The lowest BCUT2D eigenvalue weighted by atomic mass is 10.1. The molecule has 3 aromatic rings. The van der Waals surface area contributed by atoms with Crippen molar-refractivity contribution >= 4 is 17.7 Å². The summed E-state index contributed by atoms with van der Waals surface area (Å²) in [7, 11) is 3.07. The lowest BCUT2D eigenvalue weighted by molar-refractivity contribution is 0.364. The van der Waals surface area contributed by atoms with Crippen molar-refractivity contribution < 1.29 is 9.47 Å². The van der Waals surface area contributed by atoms with E-state index >= 15 is 0 Å². The lowest BCUT2D eigenvalue weighted by Crippen LogP contribution is -2.18. The predicted octanol–water partition coefficient (Wildman–Crippen LogP) is 2.15. The molecule has 3 heterocycles. The molecule has 10 heteroatoms. The number of H-pyrrole nitrogens is 2. The number of hydrogen-bond acceptors (Lipinski definition) is 8. The smallest absolute Gasteiger partial charge is 0.255 e. The molecule has 0 saturated carbocycles. The lowest BCUT2D eigenvalue weighted by Gasteiger charge is -2.08. The Morgan fingerprint density at radius 2 is 1.93 bits per heavy atom.